The van der Waals surface area contributed by atoms with Crippen LogP contribution in [0.25, 0.3) is 0 Å². The normalized spacial score (nSPS) is 12.5. The first-order valence-electron chi connectivity index (χ1n) is 5.95. The minimum atomic E-state index is -4.54. The van der Waals surface area contributed by atoms with Gasteiger partial charge in [-0.05, 0) is 24.3 Å². The maximum atomic E-state index is 12.6. The Balaban J connectivity index is 2.38. The monoisotopic (exact) mass is 290 g/mol. The molecule has 106 valence electrons. The predicted molar refractivity (Wildman–Crippen MR) is 68.4 cm³/mol. The van der Waals surface area contributed by atoms with Crippen molar-refractivity contribution < 1.29 is 18.0 Å². The first-order valence-corrected chi connectivity index (χ1v) is 5.95. The van der Waals surface area contributed by atoms with Crippen molar-refractivity contribution in [3.63, 3.8) is 0 Å². The van der Waals surface area contributed by atoms with Gasteiger partial charge in [-0.25, -0.2) is 0 Å². The zero-order chi connectivity index (χ0) is 15.5. The summed E-state index contributed by atoms with van der Waals surface area (Å²) in [6.45, 7) is 0. The number of Topliss-reactive ketones (excluding diaryl/α,β-unsaturated/α-hetero) is 1. The minimum absolute atomic E-state index is 0.165. The predicted octanol–water partition coefficient (Wildman–Crippen LogP) is 3.59. The van der Waals surface area contributed by atoms with Crippen LogP contribution >= 0.6 is 0 Å². The lowest BCUT2D eigenvalue weighted by Gasteiger charge is -2.10. The number of halogens is 3. The molecule has 0 aliphatic rings. The fourth-order valence-electron chi connectivity index (χ4n) is 1.82. The molecule has 0 amide bonds. The molecule has 0 aliphatic heterocycles. The van der Waals surface area contributed by atoms with Gasteiger partial charge in [0.2, 0.25) is 0 Å². The molecule has 3 nitrogen and oxygen atoms in total. The van der Waals surface area contributed by atoms with Crippen molar-refractivity contribution in [2.24, 2.45) is 0 Å². The topological polar surface area (TPSA) is 53.8 Å². The summed E-state index contributed by atoms with van der Waals surface area (Å²) in [4.78, 5) is 16.1. The molecule has 0 saturated carbocycles. The van der Waals surface area contributed by atoms with E-state index in [1.165, 1.54) is 18.3 Å². The van der Waals surface area contributed by atoms with Crippen LogP contribution in [0.4, 0.5) is 13.2 Å². The molecular formula is C15H9F3N2O. The number of benzene rings is 1. The van der Waals surface area contributed by atoms with Gasteiger partial charge in [0.05, 0.1) is 17.3 Å². The van der Waals surface area contributed by atoms with Crippen LogP contribution in [-0.2, 0) is 6.18 Å². The minimum Gasteiger partial charge on any atom is -0.292 e. The molecule has 1 unspecified atom stereocenters. The van der Waals surface area contributed by atoms with E-state index in [-0.39, 0.29) is 11.3 Å². The molecule has 2 aromatic rings. The van der Waals surface area contributed by atoms with Crippen LogP contribution in [0.2, 0.25) is 0 Å². The molecule has 2 rings (SSSR count). The number of ketones is 1. The van der Waals surface area contributed by atoms with Crippen LogP contribution in [0.3, 0.4) is 0 Å². The van der Waals surface area contributed by atoms with Gasteiger partial charge >= 0.3 is 6.18 Å². The first-order chi connectivity index (χ1) is 9.93. The Kier molecular flexibility index (Phi) is 4.03. The lowest BCUT2D eigenvalue weighted by molar-refractivity contribution is -0.137. The van der Waals surface area contributed by atoms with Crippen LogP contribution in [0.15, 0.2) is 48.7 Å². The summed E-state index contributed by atoms with van der Waals surface area (Å²) in [6, 6.07) is 10.5. The quantitative estimate of drug-likeness (QED) is 0.812. The fraction of sp³-hybridized carbons (Fsp3) is 0.133. The van der Waals surface area contributed by atoms with E-state index in [0.29, 0.717) is 0 Å². The Labute approximate surface area is 118 Å². The molecule has 0 radical (unpaired) electrons. The van der Waals surface area contributed by atoms with E-state index in [1.54, 1.807) is 18.2 Å². The molecule has 0 N–H and O–H groups in total. The second kappa shape index (κ2) is 5.75. The van der Waals surface area contributed by atoms with Gasteiger partial charge in [-0.3, -0.25) is 9.78 Å². The largest absolute Gasteiger partial charge is 0.416 e. The van der Waals surface area contributed by atoms with Crippen LogP contribution in [-0.4, -0.2) is 10.8 Å². The summed E-state index contributed by atoms with van der Waals surface area (Å²) in [5.41, 5.74) is -0.879. The number of nitriles is 1. The summed E-state index contributed by atoms with van der Waals surface area (Å²) in [7, 11) is 0. The van der Waals surface area contributed by atoms with Crippen molar-refractivity contribution >= 4 is 5.78 Å². The van der Waals surface area contributed by atoms with E-state index in [0.717, 1.165) is 18.2 Å². The zero-order valence-electron chi connectivity index (χ0n) is 10.6. The van der Waals surface area contributed by atoms with Gasteiger partial charge < -0.3 is 0 Å². The van der Waals surface area contributed by atoms with E-state index >= 15 is 0 Å². The highest BCUT2D eigenvalue weighted by atomic mass is 19.4. The van der Waals surface area contributed by atoms with Crippen molar-refractivity contribution in [3.05, 3.63) is 65.5 Å². The summed E-state index contributed by atoms with van der Waals surface area (Å²) in [6.07, 6.45) is -3.12. The number of aromatic nitrogens is 1. The Morgan fingerprint density at radius 2 is 1.95 bits per heavy atom. The third-order valence-corrected chi connectivity index (χ3v) is 2.85. The maximum Gasteiger partial charge on any atom is 0.416 e. The van der Waals surface area contributed by atoms with Gasteiger partial charge in [0.25, 0.3) is 0 Å². The molecule has 1 aromatic heterocycles. The smallest absolute Gasteiger partial charge is 0.292 e. The fourth-order valence-corrected chi connectivity index (χ4v) is 1.82. The van der Waals surface area contributed by atoms with Crippen molar-refractivity contribution in [2.75, 3.05) is 0 Å². The van der Waals surface area contributed by atoms with Crippen molar-refractivity contribution in [3.8, 4) is 6.07 Å². The summed E-state index contributed by atoms with van der Waals surface area (Å²) in [5.74, 6) is -1.93. The molecule has 0 bridgehead atoms. The second-order valence-corrected chi connectivity index (χ2v) is 4.26. The van der Waals surface area contributed by atoms with Crippen LogP contribution in [0.5, 0.6) is 0 Å². The highest BCUT2D eigenvalue weighted by Crippen LogP contribution is 2.30. The number of hydrogen-bond acceptors (Lipinski definition) is 3. The summed E-state index contributed by atoms with van der Waals surface area (Å²) >= 11 is 0. The van der Waals surface area contributed by atoms with Crippen molar-refractivity contribution in [2.45, 2.75) is 12.1 Å². The van der Waals surface area contributed by atoms with E-state index in [2.05, 4.69) is 4.98 Å². The summed E-state index contributed by atoms with van der Waals surface area (Å²) in [5, 5.41) is 9.11. The third-order valence-electron chi connectivity index (χ3n) is 2.85. The molecule has 1 heterocycles. The molecule has 1 atom stereocenters. The second-order valence-electron chi connectivity index (χ2n) is 4.26. The number of rotatable bonds is 3. The van der Waals surface area contributed by atoms with E-state index in [4.69, 9.17) is 5.26 Å². The van der Waals surface area contributed by atoms with Gasteiger partial charge in [0.1, 0.15) is 0 Å². The van der Waals surface area contributed by atoms with E-state index < -0.39 is 23.4 Å². The number of nitrogens with zero attached hydrogens (tertiary/aromatic N) is 2. The zero-order valence-corrected chi connectivity index (χ0v) is 10.6. The average Bonchev–Trinajstić information content (AvgIpc) is 2.48. The molecule has 21 heavy (non-hydrogen) atoms. The van der Waals surface area contributed by atoms with Gasteiger partial charge in [0.15, 0.2) is 11.7 Å². The highest BCUT2D eigenvalue weighted by Gasteiger charge is 2.32. The average molecular weight is 290 g/mol. The van der Waals surface area contributed by atoms with Gasteiger partial charge in [0, 0.05) is 11.8 Å². The Morgan fingerprint density at radius 3 is 2.52 bits per heavy atom. The molecule has 0 saturated heterocycles. The number of carbonyl (C=O) groups is 1. The Morgan fingerprint density at radius 1 is 1.19 bits per heavy atom. The maximum absolute atomic E-state index is 12.6. The standard InChI is InChI=1S/C15H9F3N2O/c16-15(17,18)11-5-3-4-10(8-11)14(21)12(9-19)13-6-1-2-7-20-13/h1-8,12H. The van der Waals surface area contributed by atoms with Crippen molar-refractivity contribution in [1.29, 1.82) is 5.26 Å². The molecule has 0 spiro atoms. The van der Waals surface area contributed by atoms with Crippen LogP contribution < -0.4 is 0 Å². The van der Waals surface area contributed by atoms with Crippen LogP contribution in [0, 0.1) is 11.3 Å². The number of hydrogen-bond donors (Lipinski definition) is 0. The molecule has 0 fully saturated rings. The molecular weight excluding hydrogens is 281 g/mol. The van der Waals surface area contributed by atoms with Crippen molar-refractivity contribution in [1.82, 2.24) is 4.98 Å². The number of pyridine rings is 1. The number of carbonyl (C=O) groups excluding carboxylic acids is 1. The van der Waals surface area contributed by atoms with Gasteiger partial charge in [-0.15, -0.1) is 0 Å². The van der Waals surface area contributed by atoms with E-state index in [9.17, 15) is 18.0 Å². The van der Waals surface area contributed by atoms with Gasteiger partial charge in [-0.2, -0.15) is 18.4 Å². The van der Waals surface area contributed by atoms with Gasteiger partial charge in [-0.1, -0.05) is 18.2 Å². The molecule has 1 aromatic carbocycles. The lowest BCUT2D eigenvalue weighted by Crippen LogP contribution is -2.14. The molecule has 0 aliphatic carbocycles. The Hall–Kier alpha value is -2.68. The third kappa shape index (κ3) is 3.26. The molecule has 6 heteroatoms. The SMILES string of the molecule is N#CC(C(=O)c1cccc(C(F)(F)F)c1)c1ccccn1. The number of alkyl halides is 3. The first kappa shape index (κ1) is 14.7. The summed E-state index contributed by atoms with van der Waals surface area (Å²) < 4.78 is 37.9. The highest BCUT2D eigenvalue weighted by molar-refractivity contribution is 6.02. The van der Waals surface area contributed by atoms with E-state index in [1.807, 2.05) is 0 Å². The van der Waals surface area contributed by atoms with Crippen LogP contribution in [0.1, 0.15) is 27.5 Å². The lowest BCUT2D eigenvalue weighted by atomic mass is 9.94. The Bertz CT molecular complexity index is 690.